The summed E-state index contributed by atoms with van der Waals surface area (Å²) in [5.74, 6) is -0.427. The lowest BCUT2D eigenvalue weighted by Crippen LogP contribution is -2.50. The largest absolute Gasteiger partial charge is 0.481 e. The molecular weight excluding hydrogens is 254 g/mol. The Bertz CT molecular complexity index is 377. The summed E-state index contributed by atoms with van der Waals surface area (Å²) in [5, 5.41) is 9.50. The Labute approximate surface area is 121 Å². The number of amides is 1. The van der Waals surface area contributed by atoms with E-state index in [4.69, 9.17) is 0 Å². The molecule has 4 heteroatoms. The summed E-state index contributed by atoms with van der Waals surface area (Å²) in [6, 6.07) is 0. The van der Waals surface area contributed by atoms with Crippen molar-refractivity contribution in [3.05, 3.63) is 0 Å². The monoisotopic (exact) mass is 281 g/mol. The SMILES string of the molecule is CCCC1(C(=O)O)CCN(C(=O)C2(C)CCCC2)CC1. The molecule has 2 fully saturated rings. The van der Waals surface area contributed by atoms with Crippen LogP contribution in [0.5, 0.6) is 0 Å². The van der Waals surface area contributed by atoms with Crippen molar-refractivity contribution in [2.24, 2.45) is 10.8 Å². The van der Waals surface area contributed by atoms with Crippen LogP contribution in [0.25, 0.3) is 0 Å². The topological polar surface area (TPSA) is 57.6 Å². The highest BCUT2D eigenvalue weighted by atomic mass is 16.4. The van der Waals surface area contributed by atoms with Crippen molar-refractivity contribution in [2.75, 3.05) is 13.1 Å². The molecule has 1 aliphatic heterocycles. The van der Waals surface area contributed by atoms with Gasteiger partial charge in [-0.05, 0) is 32.1 Å². The number of rotatable bonds is 4. The van der Waals surface area contributed by atoms with Crippen molar-refractivity contribution in [3.8, 4) is 0 Å². The van der Waals surface area contributed by atoms with Gasteiger partial charge in [0.25, 0.3) is 0 Å². The first-order valence-electron chi connectivity index (χ1n) is 7.96. The lowest BCUT2D eigenvalue weighted by molar-refractivity contribution is -0.157. The van der Waals surface area contributed by atoms with E-state index in [1.807, 2.05) is 11.8 Å². The number of carboxylic acids is 1. The molecule has 1 saturated carbocycles. The number of piperidine rings is 1. The number of hydrogen-bond acceptors (Lipinski definition) is 2. The Morgan fingerprint density at radius 1 is 1.10 bits per heavy atom. The van der Waals surface area contributed by atoms with E-state index >= 15 is 0 Å². The molecule has 1 saturated heterocycles. The zero-order valence-electron chi connectivity index (χ0n) is 12.8. The molecule has 2 rings (SSSR count). The van der Waals surface area contributed by atoms with Gasteiger partial charge < -0.3 is 10.0 Å². The summed E-state index contributed by atoms with van der Waals surface area (Å²) < 4.78 is 0. The van der Waals surface area contributed by atoms with Crippen LogP contribution in [0.1, 0.15) is 65.2 Å². The normalized spacial score (nSPS) is 24.6. The number of aliphatic carboxylic acids is 1. The first kappa shape index (κ1) is 15.3. The van der Waals surface area contributed by atoms with Crippen molar-refractivity contribution >= 4 is 11.9 Å². The van der Waals surface area contributed by atoms with Gasteiger partial charge >= 0.3 is 5.97 Å². The smallest absolute Gasteiger partial charge is 0.309 e. The predicted octanol–water partition coefficient (Wildman–Crippen LogP) is 3.06. The first-order chi connectivity index (χ1) is 9.43. The molecule has 0 unspecified atom stereocenters. The summed E-state index contributed by atoms with van der Waals surface area (Å²) in [5.41, 5.74) is -0.782. The fraction of sp³-hybridized carbons (Fsp3) is 0.875. The van der Waals surface area contributed by atoms with Gasteiger partial charge in [0, 0.05) is 18.5 Å². The van der Waals surface area contributed by atoms with Crippen LogP contribution in [0.15, 0.2) is 0 Å². The van der Waals surface area contributed by atoms with E-state index in [2.05, 4.69) is 6.92 Å². The van der Waals surface area contributed by atoms with Crippen LogP contribution in [0.4, 0.5) is 0 Å². The van der Waals surface area contributed by atoms with Gasteiger partial charge in [0.15, 0.2) is 0 Å². The van der Waals surface area contributed by atoms with Gasteiger partial charge in [0.1, 0.15) is 0 Å². The summed E-state index contributed by atoms with van der Waals surface area (Å²) in [7, 11) is 0. The fourth-order valence-corrected chi connectivity index (χ4v) is 3.94. The molecule has 1 amide bonds. The average molecular weight is 281 g/mol. The molecule has 0 atom stereocenters. The average Bonchev–Trinajstić information content (AvgIpc) is 2.87. The molecule has 20 heavy (non-hydrogen) atoms. The third-order valence-electron chi connectivity index (χ3n) is 5.41. The minimum Gasteiger partial charge on any atom is -0.481 e. The van der Waals surface area contributed by atoms with E-state index in [1.54, 1.807) is 0 Å². The van der Waals surface area contributed by atoms with E-state index < -0.39 is 11.4 Å². The molecule has 114 valence electrons. The summed E-state index contributed by atoms with van der Waals surface area (Å²) in [4.78, 5) is 26.1. The van der Waals surface area contributed by atoms with Crippen LogP contribution >= 0.6 is 0 Å². The molecule has 0 aromatic rings. The second kappa shape index (κ2) is 5.74. The fourth-order valence-electron chi connectivity index (χ4n) is 3.94. The third-order valence-corrected chi connectivity index (χ3v) is 5.41. The van der Waals surface area contributed by atoms with E-state index in [-0.39, 0.29) is 11.3 Å². The second-order valence-electron chi connectivity index (χ2n) is 6.90. The van der Waals surface area contributed by atoms with Crippen LogP contribution in [0.2, 0.25) is 0 Å². The van der Waals surface area contributed by atoms with E-state index in [1.165, 1.54) is 0 Å². The third kappa shape index (κ3) is 2.70. The summed E-state index contributed by atoms with van der Waals surface area (Å²) in [6.45, 7) is 5.33. The number of carbonyl (C=O) groups is 2. The van der Waals surface area contributed by atoms with Gasteiger partial charge in [-0.25, -0.2) is 0 Å². The number of likely N-dealkylation sites (tertiary alicyclic amines) is 1. The van der Waals surface area contributed by atoms with Crippen LogP contribution in [0.3, 0.4) is 0 Å². The highest BCUT2D eigenvalue weighted by Gasteiger charge is 2.45. The molecule has 0 aromatic heterocycles. The Morgan fingerprint density at radius 2 is 1.65 bits per heavy atom. The minimum atomic E-state index is -0.682. The maximum atomic E-state index is 12.6. The summed E-state index contributed by atoms with van der Waals surface area (Å²) in [6.07, 6.45) is 7.09. The van der Waals surface area contributed by atoms with E-state index in [0.717, 1.165) is 38.5 Å². The Balaban J connectivity index is 2.00. The molecule has 0 aromatic carbocycles. The quantitative estimate of drug-likeness (QED) is 0.861. The molecule has 1 aliphatic carbocycles. The number of nitrogens with zero attached hydrogens (tertiary/aromatic N) is 1. The highest BCUT2D eigenvalue weighted by molar-refractivity contribution is 5.83. The molecule has 4 nitrogen and oxygen atoms in total. The zero-order valence-corrected chi connectivity index (χ0v) is 12.8. The lowest BCUT2D eigenvalue weighted by atomic mass is 9.74. The first-order valence-corrected chi connectivity index (χ1v) is 7.96. The predicted molar refractivity (Wildman–Crippen MR) is 77.4 cm³/mol. The van der Waals surface area contributed by atoms with Crippen molar-refractivity contribution in [1.29, 1.82) is 0 Å². The molecule has 1 heterocycles. The Hall–Kier alpha value is -1.06. The second-order valence-corrected chi connectivity index (χ2v) is 6.90. The van der Waals surface area contributed by atoms with Crippen molar-refractivity contribution in [2.45, 2.75) is 65.2 Å². The highest BCUT2D eigenvalue weighted by Crippen LogP contribution is 2.42. The lowest BCUT2D eigenvalue weighted by Gasteiger charge is -2.41. The minimum absolute atomic E-state index is 0.187. The van der Waals surface area contributed by atoms with Gasteiger partial charge in [0.05, 0.1) is 5.41 Å². The van der Waals surface area contributed by atoms with Crippen LogP contribution in [0, 0.1) is 10.8 Å². The van der Waals surface area contributed by atoms with Gasteiger partial charge in [-0.1, -0.05) is 33.1 Å². The molecular formula is C16H27NO3. The van der Waals surface area contributed by atoms with E-state index in [0.29, 0.717) is 25.9 Å². The number of carbonyl (C=O) groups excluding carboxylic acids is 1. The van der Waals surface area contributed by atoms with Crippen LogP contribution < -0.4 is 0 Å². The van der Waals surface area contributed by atoms with Crippen LogP contribution in [-0.2, 0) is 9.59 Å². The number of carboxylic acid groups (broad SMARTS) is 1. The Morgan fingerprint density at radius 3 is 2.10 bits per heavy atom. The zero-order chi connectivity index (χ0) is 14.8. The van der Waals surface area contributed by atoms with Crippen LogP contribution in [-0.4, -0.2) is 35.0 Å². The standard InChI is InChI=1S/C16H27NO3/c1-3-6-16(14(19)20)9-11-17(12-10-16)13(18)15(2)7-4-5-8-15/h3-12H2,1-2H3,(H,19,20). The van der Waals surface area contributed by atoms with Gasteiger partial charge in [-0.2, -0.15) is 0 Å². The van der Waals surface area contributed by atoms with Crippen molar-refractivity contribution in [1.82, 2.24) is 4.90 Å². The maximum absolute atomic E-state index is 12.6. The molecule has 0 bridgehead atoms. The van der Waals surface area contributed by atoms with Crippen molar-refractivity contribution < 1.29 is 14.7 Å². The van der Waals surface area contributed by atoms with Gasteiger partial charge in [-0.3, -0.25) is 9.59 Å². The van der Waals surface area contributed by atoms with E-state index in [9.17, 15) is 14.7 Å². The van der Waals surface area contributed by atoms with Gasteiger partial charge in [-0.15, -0.1) is 0 Å². The Kier molecular flexibility index (Phi) is 4.40. The molecule has 0 radical (unpaired) electrons. The van der Waals surface area contributed by atoms with Gasteiger partial charge in [0.2, 0.25) is 5.91 Å². The summed E-state index contributed by atoms with van der Waals surface area (Å²) >= 11 is 0. The maximum Gasteiger partial charge on any atom is 0.309 e. The number of hydrogen-bond donors (Lipinski definition) is 1. The van der Waals surface area contributed by atoms with Crippen molar-refractivity contribution in [3.63, 3.8) is 0 Å². The molecule has 1 N–H and O–H groups in total. The molecule has 2 aliphatic rings. The molecule has 0 spiro atoms.